The number of hydrogen-bond donors (Lipinski definition) is 2. The van der Waals surface area contributed by atoms with E-state index in [1.54, 1.807) is 32.4 Å². The molecule has 9 heteroatoms. The third-order valence-electron chi connectivity index (χ3n) is 5.35. The van der Waals surface area contributed by atoms with E-state index in [-0.39, 0.29) is 23.6 Å². The van der Waals surface area contributed by atoms with Crippen LogP contribution in [-0.4, -0.2) is 55.1 Å². The van der Waals surface area contributed by atoms with Gasteiger partial charge in [-0.25, -0.2) is 9.37 Å². The fourth-order valence-electron chi connectivity index (χ4n) is 3.61. The predicted molar refractivity (Wildman–Crippen MR) is 125 cm³/mol. The van der Waals surface area contributed by atoms with Gasteiger partial charge in [0.2, 0.25) is 5.91 Å². The van der Waals surface area contributed by atoms with Gasteiger partial charge in [-0.3, -0.25) is 4.79 Å². The number of H-pyrrole nitrogens is 1. The number of aromatic nitrogens is 2. The first-order valence-electron chi connectivity index (χ1n) is 10.7. The van der Waals surface area contributed by atoms with Gasteiger partial charge in [0.05, 0.1) is 31.8 Å². The van der Waals surface area contributed by atoms with Crippen LogP contribution in [0.15, 0.2) is 47.5 Å². The third kappa shape index (κ3) is 5.66. The third-order valence-corrected chi connectivity index (χ3v) is 6.33. The van der Waals surface area contributed by atoms with E-state index in [2.05, 4.69) is 10.3 Å². The van der Waals surface area contributed by atoms with E-state index < -0.39 is 0 Å². The van der Waals surface area contributed by atoms with Crippen molar-refractivity contribution in [1.82, 2.24) is 15.3 Å². The van der Waals surface area contributed by atoms with Gasteiger partial charge < -0.3 is 24.5 Å². The maximum absolute atomic E-state index is 13.5. The highest BCUT2D eigenvalue weighted by atomic mass is 32.2. The van der Waals surface area contributed by atoms with Crippen LogP contribution in [-0.2, 0) is 9.53 Å². The molecule has 2 N–H and O–H groups in total. The van der Waals surface area contributed by atoms with Crippen LogP contribution in [0.2, 0.25) is 0 Å². The number of carbonyl (C=O) groups excluding carboxylic acids is 1. The quantitative estimate of drug-likeness (QED) is 0.453. The highest BCUT2D eigenvalue weighted by Gasteiger charge is 2.19. The number of nitrogens with zero attached hydrogens (tertiary/aromatic N) is 1. The second-order valence-electron chi connectivity index (χ2n) is 7.57. The highest BCUT2D eigenvalue weighted by molar-refractivity contribution is 8.00. The van der Waals surface area contributed by atoms with Gasteiger partial charge in [0.1, 0.15) is 16.7 Å². The number of ether oxygens (including phenoxy) is 3. The van der Waals surface area contributed by atoms with Crippen LogP contribution in [0, 0.1) is 5.82 Å². The maximum atomic E-state index is 13.5. The summed E-state index contributed by atoms with van der Waals surface area (Å²) in [4.78, 5) is 20.4. The highest BCUT2D eigenvalue weighted by Crippen LogP contribution is 2.35. The van der Waals surface area contributed by atoms with Crippen molar-refractivity contribution in [3.8, 4) is 34.1 Å². The van der Waals surface area contributed by atoms with E-state index >= 15 is 0 Å². The lowest BCUT2D eigenvalue weighted by Gasteiger charge is -2.10. The molecule has 0 radical (unpaired) electrons. The summed E-state index contributed by atoms with van der Waals surface area (Å²) in [7, 11) is 3.15. The number of aromatic amines is 1. The number of benzene rings is 2. The van der Waals surface area contributed by atoms with Gasteiger partial charge in [-0.2, -0.15) is 0 Å². The van der Waals surface area contributed by atoms with Crippen LogP contribution in [0.1, 0.15) is 12.8 Å². The Balaban J connectivity index is 1.56. The van der Waals surface area contributed by atoms with E-state index in [0.717, 1.165) is 36.3 Å². The monoisotopic (exact) mass is 471 g/mol. The molecule has 3 aromatic rings. The molecule has 0 aliphatic carbocycles. The molecule has 1 aromatic heterocycles. The minimum atomic E-state index is -0.318. The van der Waals surface area contributed by atoms with Crippen molar-refractivity contribution in [3.05, 3.63) is 48.3 Å². The normalized spacial score (nSPS) is 15.4. The molecule has 2 heterocycles. The number of imidazole rings is 1. The second kappa shape index (κ2) is 10.7. The molecule has 1 atom stereocenters. The number of amides is 1. The lowest BCUT2D eigenvalue weighted by atomic mass is 10.1. The Labute approximate surface area is 196 Å². The first-order chi connectivity index (χ1) is 16.1. The van der Waals surface area contributed by atoms with Crippen LogP contribution in [0.4, 0.5) is 4.39 Å². The van der Waals surface area contributed by atoms with Gasteiger partial charge in [0, 0.05) is 24.3 Å². The zero-order valence-corrected chi connectivity index (χ0v) is 19.3. The number of thioether (sulfide) groups is 1. The van der Waals surface area contributed by atoms with Crippen molar-refractivity contribution in [2.45, 2.75) is 24.0 Å². The molecule has 4 rings (SSSR count). The smallest absolute Gasteiger partial charge is 0.230 e. The molecule has 7 nitrogen and oxygen atoms in total. The Kier molecular flexibility index (Phi) is 7.51. The molecule has 0 spiro atoms. The standard InChI is InChI=1S/C24H26FN3O4S/c1-30-19-10-7-16(12-20(19)31-2)23-27-22(15-5-8-17(25)9-6-15)24(28-23)33-14-21(29)26-13-18-4-3-11-32-18/h5-10,12,18H,3-4,11,13-14H2,1-2H3,(H,26,29)(H,27,28)/t18-/m0/s1. The van der Waals surface area contributed by atoms with Gasteiger partial charge >= 0.3 is 0 Å². The summed E-state index contributed by atoms with van der Waals surface area (Å²) in [5.41, 5.74) is 2.29. The van der Waals surface area contributed by atoms with Crippen molar-refractivity contribution in [2.75, 3.05) is 33.1 Å². The van der Waals surface area contributed by atoms with E-state index in [4.69, 9.17) is 19.2 Å². The minimum absolute atomic E-state index is 0.0868. The Bertz CT molecular complexity index is 1100. The molecule has 1 fully saturated rings. The topological polar surface area (TPSA) is 85.5 Å². The SMILES string of the molecule is COc1ccc(-c2nc(SCC(=O)NC[C@@H]3CCCO3)c(-c3ccc(F)cc3)[nH]2)cc1OC. The van der Waals surface area contributed by atoms with E-state index in [1.807, 2.05) is 12.1 Å². The largest absolute Gasteiger partial charge is 0.493 e. The van der Waals surface area contributed by atoms with E-state index in [0.29, 0.717) is 28.9 Å². The summed E-state index contributed by atoms with van der Waals surface area (Å²) in [5, 5.41) is 3.58. The summed E-state index contributed by atoms with van der Waals surface area (Å²) in [6.45, 7) is 1.27. The minimum Gasteiger partial charge on any atom is -0.493 e. The first-order valence-corrected chi connectivity index (χ1v) is 11.7. The first kappa shape index (κ1) is 23.1. The van der Waals surface area contributed by atoms with Crippen LogP contribution < -0.4 is 14.8 Å². The van der Waals surface area contributed by atoms with Crippen molar-refractivity contribution in [2.24, 2.45) is 0 Å². The molecular formula is C24H26FN3O4S. The van der Waals surface area contributed by atoms with Gasteiger partial charge in [0.25, 0.3) is 0 Å². The average Bonchev–Trinajstić information content (AvgIpc) is 3.51. The van der Waals surface area contributed by atoms with Crippen LogP contribution in [0.25, 0.3) is 22.6 Å². The van der Waals surface area contributed by atoms with Gasteiger partial charge in [-0.1, -0.05) is 11.8 Å². The molecule has 174 valence electrons. The number of halogens is 1. The number of rotatable bonds is 9. The fraction of sp³-hybridized carbons (Fsp3) is 0.333. The lowest BCUT2D eigenvalue weighted by Crippen LogP contribution is -2.32. The molecule has 1 aliphatic rings. The fourth-order valence-corrected chi connectivity index (χ4v) is 4.45. The molecule has 1 aliphatic heterocycles. The van der Waals surface area contributed by atoms with Gasteiger partial charge in [0.15, 0.2) is 11.5 Å². The Hall–Kier alpha value is -3.04. The summed E-state index contributed by atoms with van der Waals surface area (Å²) in [5.74, 6) is 1.60. The molecule has 0 saturated carbocycles. The Morgan fingerprint density at radius 2 is 1.94 bits per heavy atom. The van der Waals surface area contributed by atoms with Crippen molar-refractivity contribution in [1.29, 1.82) is 0 Å². The van der Waals surface area contributed by atoms with Crippen LogP contribution in [0.3, 0.4) is 0 Å². The average molecular weight is 472 g/mol. The van der Waals surface area contributed by atoms with Crippen molar-refractivity contribution < 1.29 is 23.4 Å². The second-order valence-corrected chi connectivity index (χ2v) is 8.53. The van der Waals surface area contributed by atoms with Gasteiger partial charge in [-0.05, 0) is 55.3 Å². The number of nitrogens with one attached hydrogen (secondary N) is 2. The van der Waals surface area contributed by atoms with Crippen LogP contribution >= 0.6 is 11.8 Å². The summed E-state index contributed by atoms with van der Waals surface area (Å²) in [6, 6.07) is 11.7. The van der Waals surface area contributed by atoms with Crippen molar-refractivity contribution >= 4 is 17.7 Å². The molecule has 2 aromatic carbocycles. The Morgan fingerprint density at radius 1 is 1.18 bits per heavy atom. The molecule has 1 amide bonds. The number of carbonyl (C=O) groups is 1. The number of hydrogen-bond acceptors (Lipinski definition) is 6. The molecule has 1 saturated heterocycles. The summed E-state index contributed by atoms with van der Waals surface area (Å²) >= 11 is 1.32. The van der Waals surface area contributed by atoms with Gasteiger partial charge in [-0.15, -0.1) is 0 Å². The maximum Gasteiger partial charge on any atom is 0.230 e. The molecule has 0 unspecified atom stereocenters. The molecule has 0 bridgehead atoms. The summed E-state index contributed by atoms with van der Waals surface area (Å²) in [6.07, 6.45) is 2.09. The molecular weight excluding hydrogens is 445 g/mol. The Morgan fingerprint density at radius 3 is 2.64 bits per heavy atom. The number of methoxy groups -OCH3 is 2. The van der Waals surface area contributed by atoms with E-state index in [9.17, 15) is 9.18 Å². The van der Waals surface area contributed by atoms with Crippen LogP contribution in [0.5, 0.6) is 11.5 Å². The molecule has 33 heavy (non-hydrogen) atoms. The lowest BCUT2D eigenvalue weighted by molar-refractivity contribution is -0.119. The zero-order chi connectivity index (χ0) is 23.2. The summed E-state index contributed by atoms with van der Waals surface area (Å²) < 4.78 is 29.7. The van der Waals surface area contributed by atoms with Crippen molar-refractivity contribution in [3.63, 3.8) is 0 Å². The predicted octanol–water partition coefficient (Wildman–Crippen LogP) is 4.29. The zero-order valence-electron chi connectivity index (χ0n) is 18.5. The van der Waals surface area contributed by atoms with E-state index in [1.165, 1.54) is 23.9 Å².